The molecule has 0 saturated heterocycles. The maximum absolute atomic E-state index is 13.6. The van der Waals surface area contributed by atoms with Crippen LogP contribution in [0.1, 0.15) is 24.5 Å². The minimum Gasteiger partial charge on any atom is -0.338 e. The topological polar surface area (TPSA) is 32.3 Å². The standard InChI is InChI=1S/C19H22F2N2O/c1-2-12-23(14-15-6-4-3-5-7-15)19(24)22-11-10-16-8-9-17(20)13-18(16)21/h3-9,13H,2,10-12,14H2,1H3,(H,22,24). The van der Waals surface area contributed by atoms with E-state index in [1.807, 2.05) is 37.3 Å². The summed E-state index contributed by atoms with van der Waals surface area (Å²) >= 11 is 0. The van der Waals surface area contributed by atoms with E-state index in [1.165, 1.54) is 12.1 Å². The van der Waals surface area contributed by atoms with Crippen LogP contribution in [0, 0.1) is 11.6 Å². The highest BCUT2D eigenvalue weighted by atomic mass is 19.1. The smallest absolute Gasteiger partial charge is 0.317 e. The third-order valence-corrected chi connectivity index (χ3v) is 3.68. The van der Waals surface area contributed by atoms with Crippen molar-refractivity contribution >= 4 is 6.03 Å². The molecule has 0 spiro atoms. The van der Waals surface area contributed by atoms with Gasteiger partial charge in [-0.05, 0) is 30.0 Å². The fraction of sp³-hybridized carbons (Fsp3) is 0.316. The van der Waals surface area contributed by atoms with Crippen LogP contribution >= 0.6 is 0 Å². The van der Waals surface area contributed by atoms with Crippen molar-refractivity contribution in [2.45, 2.75) is 26.3 Å². The van der Waals surface area contributed by atoms with E-state index in [0.717, 1.165) is 18.1 Å². The molecule has 2 aromatic rings. The molecule has 0 aliphatic rings. The van der Waals surface area contributed by atoms with Crippen LogP contribution in [0.2, 0.25) is 0 Å². The number of rotatable bonds is 7. The molecular weight excluding hydrogens is 310 g/mol. The Morgan fingerprint density at radius 1 is 1.12 bits per heavy atom. The number of halogens is 2. The van der Waals surface area contributed by atoms with Crippen LogP contribution in [0.3, 0.4) is 0 Å². The lowest BCUT2D eigenvalue weighted by atomic mass is 10.1. The number of carbonyl (C=O) groups is 1. The Kier molecular flexibility index (Phi) is 6.73. The third-order valence-electron chi connectivity index (χ3n) is 3.68. The molecule has 0 atom stereocenters. The summed E-state index contributed by atoms with van der Waals surface area (Å²) in [4.78, 5) is 14.1. The zero-order valence-electron chi connectivity index (χ0n) is 13.8. The summed E-state index contributed by atoms with van der Waals surface area (Å²) in [5, 5.41) is 2.80. The summed E-state index contributed by atoms with van der Waals surface area (Å²) in [6, 6.07) is 13.1. The van der Waals surface area contributed by atoms with Gasteiger partial charge in [0.1, 0.15) is 11.6 Å². The number of hydrogen-bond donors (Lipinski definition) is 1. The second-order valence-electron chi connectivity index (χ2n) is 5.62. The Morgan fingerprint density at radius 3 is 2.54 bits per heavy atom. The maximum Gasteiger partial charge on any atom is 0.317 e. The molecular formula is C19H22F2N2O. The van der Waals surface area contributed by atoms with E-state index >= 15 is 0 Å². The van der Waals surface area contributed by atoms with Crippen LogP contribution < -0.4 is 5.32 Å². The highest BCUT2D eigenvalue weighted by Gasteiger charge is 2.13. The summed E-state index contributed by atoms with van der Waals surface area (Å²) in [6.07, 6.45) is 1.18. The van der Waals surface area contributed by atoms with Crippen molar-refractivity contribution in [3.8, 4) is 0 Å². The summed E-state index contributed by atoms with van der Waals surface area (Å²) in [6.45, 7) is 3.49. The van der Waals surface area contributed by atoms with Crippen LogP contribution in [0.4, 0.5) is 13.6 Å². The molecule has 0 saturated carbocycles. The average molecular weight is 332 g/mol. The number of carbonyl (C=O) groups excluding carboxylic acids is 1. The van der Waals surface area contributed by atoms with Crippen LogP contribution in [0.25, 0.3) is 0 Å². The van der Waals surface area contributed by atoms with Gasteiger partial charge in [0.25, 0.3) is 0 Å². The van der Waals surface area contributed by atoms with E-state index in [0.29, 0.717) is 31.6 Å². The van der Waals surface area contributed by atoms with Gasteiger partial charge < -0.3 is 10.2 Å². The lowest BCUT2D eigenvalue weighted by Crippen LogP contribution is -2.40. The van der Waals surface area contributed by atoms with Gasteiger partial charge in [0.05, 0.1) is 0 Å². The zero-order chi connectivity index (χ0) is 17.4. The molecule has 5 heteroatoms. The molecule has 128 valence electrons. The molecule has 0 radical (unpaired) electrons. The van der Waals surface area contributed by atoms with Gasteiger partial charge in [-0.25, -0.2) is 13.6 Å². The number of amides is 2. The van der Waals surface area contributed by atoms with Crippen molar-refractivity contribution in [2.75, 3.05) is 13.1 Å². The number of hydrogen-bond acceptors (Lipinski definition) is 1. The lowest BCUT2D eigenvalue weighted by Gasteiger charge is -2.22. The zero-order valence-corrected chi connectivity index (χ0v) is 13.8. The van der Waals surface area contributed by atoms with Crippen molar-refractivity contribution in [1.29, 1.82) is 0 Å². The van der Waals surface area contributed by atoms with Gasteiger partial charge in [-0.15, -0.1) is 0 Å². The molecule has 2 amide bonds. The Bertz CT molecular complexity index is 662. The highest BCUT2D eigenvalue weighted by molar-refractivity contribution is 5.74. The SMILES string of the molecule is CCCN(Cc1ccccc1)C(=O)NCCc1ccc(F)cc1F. The van der Waals surface area contributed by atoms with Gasteiger partial charge in [-0.3, -0.25) is 0 Å². The lowest BCUT2D eigenvalue weighted by molar-refractivity contribution is 0.195. The minimum absolute atomic E-state index is 0.178. The van der Waals surface area contributed by atoms with Gasteiger partial charge in [0.15, 0.2) is 0 Å². The quantitative estimate of drug-likeness (QED) is 0.812. The second-order valence-corrected chi connectivity index (χ2v) is 5.62. The molecule has 0 bridgehead atoms. The molecule has 0 aliphatic heterocycles. The Morgan fingerprint density at radius 2 is 1.88 bits per heavy atom. The number of nitrogens with one attached hydrogen (secondary N) is 1. The van der Waals surface area contributed by atoms with Crippen molar-refractivity contribution in [3.63, 3.8) is 0 Å². The van der Waals surface area contributed by atoms with Gasteiger partial charge >= 0.3 is 6.03 Å². The number of benzene rings is 2. The molecule has 3 nitrogen and oxygen atoms in total. The molecule has 0 unspecified atom stereocenters. The molecule has 1 N–H and O–H groups in total. The van der Waals surface area contributed by atoms with Gasteiger partial charge in [-0.2, -0.15) is 0 Å². The van der Waals surface area contributed by atoms with Gasteiger partial charge in [0, 0.05) is 25.7 Å². The Labute approximate surface area is 141 Å². The molecule has 24 heavy (non-hydrogen) atoms. The maximum atomic E-state index is 13.6. The fourth-order valence-corrected chi connectivity index (χ4v) is 2.47. The van der Waals surface area contributed by atoms with Gasteiger partial charge in [0.2, 0.25) is 0 Å². The number of nitrogens with zero attached hydrogens (tertiary/aromatic N) is 1. The van der Waals surface area contributed by atoms with Crippen molar-refractivity contribution in [1.82, 2.24) is 10.2 Å². The predicted molar refractivity (Wildman–Crippen MR) is 90.6 cm³/mol. The third kappa shape index (κ3) is 5.33. The molecule has 0 aliphatic carbocycles. The van der Waals surface area contributed by atoms with E-state index < -0.39 is 11.6 Å². The summed E-state index contributed by atoms with van der Waals surface area (Å²) < 4.78 is 26.5. The van der Waals surface area contributed by atoms with Crippen molar-refractivity contribution < 1.29 is 13.6 Å². The van der Waals surface area contributed by atoms with Crippen LogP contribution in [0.15, 0.2) is 48.5 Å². The van der Waals surface area contributed by atoms with Crippen LogP contribution in [-0.4, -0.2) is 24.0 Å². The Balaban J connectivity index is 1.88. The summed E-state index contributed by atoms with van der Waals surface area (Å²) in [5.74, 6) is -1.18. The first-order valence-electron chi connectivity index (χ1n) is 8.10. The first-order valence-corrected chi connectivity index (χ1v) is 8.10. The van der Waals surface area contributed by atoms with Gasteiger partial charge in [-0.1, -0.05) is 43.3 Å². The first-order chi connectivity index (χ1) is 11.6. The number of urea groups is 1. The average Bonchev–Trinajstić information content (AvgIpc) is 2.57. The fourth-order valence-electron chi connectivity index (χ4n) is 2.47. The first kappa shape index (κ1) is 17.9. The van der Waals surface area contributed by atoms with E-state index in [-0.39, 0.29) is 6.03 Å². The second kappa shape index (κ2) is 9.01. The molecule has 0 heterocycles. The Hall–Kier alpha value is -2.43. The van der Waals surface area contributed by atoms with Crippen LogP contribution in [-0.2, 0) is 13.0 Å². The van der Waals surface area contributed by atoms with E-state index in [4.69, 9.17) is 0 Å². The van der Waals surface area contributed by atoms with E-state index in [1.54, 1.807) is 4.90 Å². The van der Waals surface area contributed by atoms with Crippen molar-refractivity contribution in [3.05, 3.63) is 71.3 Å². The van der Waals surface area contributed by atoms with Crippen molar-refractivity contribution in [2.24, 2.45) is 0 Å². The minimum atomic E-state index is -0.600. The molecule has 2 rings (SSSR count). The monoisotopic (exact) mass is 332 g/mol. The van der Waals surface area contributed by atoms with E-state index in [2.05, 4.69) is 5.32 Å². The molecule has 2 aromatic carbocycles. The highest BCUT2D eigenvalue weighted by Crippen LogP contribution is 2.10. The summed E-state index contributed by atoms with van der Waals surface area (Å²) in [5.41, 5.74) is 1.45. The largest absolute Gasteiger partial charge is 0.338 e. The molecule has 0 aromatic heterocycles. The van der Waals surface area contributed by atoms with E-state index in [9.17, 15) is 13.6 Å². The normalized spacial score (nSPS) is 10.5. The molecule has 0 fully saturated rings. The summed E-state index contributed by atoms with van der Waals surface area (Å²) in [7, 11) is 0. The van der Waals surface area contributed by atoms with Crippen LogP contribution in [0.5, 0.6) is 0 Å². The predicted octanol–water partition coefficient (Wildman–Crippen LogP) is 4.13.